The van der Waals surface area contributed by atoms with E-state index in [1.165, 1.54) is 6.42 Å². The number of carbonyl (C=O) groups excluding carboxylic acids is 1. The maximum absolute atomic E-state index is 10.7. The summed E-state index contributed by atoms with van der Waals surface area (Å²) in [7, 11) is 0. The molecule has 2 nitrogen and oxygen atoms in total. The van der Waals surface area contributed by atoms with Crippen LogP contribution >= 0.6 is 11.9 Å². The molecule has 2 rings (SSSR count). The van der Waals surface area contributed by atoms with Crippen LogP contribution in [0.4, 0.5) is 0 Å². The first-order valence-corrected chi connectivity index (χ1v) is 3.67. The van der Waals surface area contributed by atoms with Crippen molar-refractivity contribution in [3.8, 4) is 0 Å². The minimum atomic E-state index is 0.339. The van der Waals surface area contributed by atoms with Crippen LogP contribution in [0, 0.1) is 0 Å². The Labute approximate surface area is 52.4 Å². The van der Waals surface area contributed by atoms with Gasteiger partial charge < -0.3 is 0 Å². The van der Waals surface area contributed by atoms with Crippen molar-refractivity contribution in [2.75, 3.05) is 6.54 Å². The molecule has 1 amide bonds. The van der Waals surface area contributed by atoms with E-state index in [0.717, 1.165) is 13.0 Å². The molecule has 0 aromatic carbocycles. The summed E-state index contributed by atoms with van der Waals surface area (Å²) in [4.78, 5) is 10.7. The molecule has 0 saturated carbocycles. The molecule has 1 unspecified atom stereocenters. The number of fused-ring (bicyclic) bond motifs is 2. The maximum Gasteiger partial charge on any atom is 0.233 e. The number of rotatable bonds is 0. The van der Waals surface area contributed by atoms with Gasteiger partial charge in [0.05, 0.1) is 0 Å². The van der Waals surface area contributed by atoms with Crippen molar-refractivity contribution in [2.45, 2.75) is 18.1 Å². The standard InChI is InChI=1S/C5H7NOS/c7-5-3-4-1-2-6(5)8-4/h4H,1-3H2. The zero-order chi connectivity index (χ0) is 5.56. The fourth-order valence-corrected chi connectivity index (χ4v) is 2.36. The predicted molar refractivity (Wildman–Crippen MR) is 32.3 cm³/mol. The molecule has 0 aromatic heterocycles. The minimum Gasteiger partial charge on any atom is -0.286 e. The lowest BCUT2D eigenvalue weighted by Gasteiger charge is -2.07. The zero-order valence-corrected chi connectivity index (χ0v) is 5.28. The van der Waals surface area contributed by atoms with Crippen molar-refractivity contribution in [3.63, 3.8) is 0 Å². The summed E-state index contributed by atoms with van der Waals surface area (Å²) < 4.78 is 1.88. The lowest BCUT2D eigenvalue weighted by Crippen LogP contribution is -2.21. The first-order chi connectivity index (χ1) is 3.86. The molecular weight excluding hydrogens is 122 g/mol. The highest BCUT2D eigenvalue weighted by Gasteiger charge is 2.36. The topological polar surface area (TPSA) is 20.3 Å². The summed E-state index contributed by atoms with van der Waals surface area (Å²) in [5.41, 5.74) is 0. The Hall–Kier alpha value is -0.180. The van der Waals surface area contributed by atoms with E-state index in [1.807, 2.05) is 4.31 Å². The Balaban J connectivity index is 2.22. The summed E-state index contributed by atoms with van der Waals surface area (Å²) in [5, 5.41) is 0.641. The molecule has 0 N–H and O–H groups in total. The molecule has 0 aromatic rings. The summed E-state index contributed by atoms with van der Waals surface area (Å²) in [6.45, 7) is 0.994. The lowest BCUT2D eigenvalue weighted by atomic mass is 10.2. The molecule has 2 saturated heterocycles. The second-order valence-electron chi connectivity index (χ2n) is 2.22. The number of nitrogens with zero attached hydrogens (tertiary/aromatic N) is 1. The fourth-order valence-electron chi connectivity index (χ4n) is 1.17. The molecule has 0 radical (unpaired) electrons. The van der Waals surface area contributed by atoms with Crippen LogP contribution < -0.4 is 0 Å². The summed E-state index contributed by atoms with van der Waals surface area (Å²) in [6.07, 6.45) is 2.01. The van der Waals surface area contributed by atoms with Crippen LogP contribution in [0.15, 0.2) is 0 Å². The molecule has 44 valence electrons. The maximum atomic E-state index is 10.7. The second-order valence-corrected chi connectivity index (χ2v) is 3.53. The Bertz CT molecular complexity index is 136. The van der Waals surface area contributed by atoms with Crippen molar-refractivity contribution in [1.29, 1.82) is 0 Å². The first kappa shape index (κ1) is 4.68. The Morgan fingerprint density at radius 1 is 1.75 bits per heavy atom. The number of amides is 1. The fraction of sp³-hybridized carbons (Fsp3) is 0.800. The largest absolute Gasteiger partial charge is 0.286 e. The van der Waals surface area contributed by atoms with E-state index in [0.29, 0.717) is 11.2 Å². The molecule has 2 fully saturated rings. The van der Waals surface area contributed by atoms with Gasteiger partial charge in [0.15, 0.2) is 0 Å². The highest BCUT2D eigenvalue weighted by molar-refractivity contribution is 7.98. The Kier molecular flexibility index (Phi) is 0.821. The molecule has 3 heteroatoms. The quantitative estimate of drug-likeness (QED) is 0.447. The van der Waals surface area contributed by atoms with Crippen molar-refractivity contribution < 1.29 is 4.79 Å². The van der Waals surface area contributed by atoms with Crippen molar-refractivity contribution in [1.82, 2.24) is 4.31 Å². The molecule has 2 bridgehead atoms. The minimum absolute atomic E-state index is 0.339. The third kappa shape index (κ3) is 0.478. The van der Waals surface area contributed by atoms with Gasteiger partial charge >= 0.3 is 0 Å². The van der Waals surface area contributed by atoms with E-state index in [4.69, 9.17) is 0 Å². The number of piperidine rings is 1. The third-order valence-electron chi connectivity index (χ3n) is 1.61. The number of hydrogen-bond acceptors (Lipinski definition) is 2. The second kappa shape index (κ2) is 1.41. The Morgan fingerprint density at radius 2 is 2.62 bits per heavy atom. The molecule has 2 aliphatic rings. The van der Waals surface area contributed by atoms with Crippen LogP contribution in [-0.4, -0.2) is 22.0 Å². The van der Waals surface area contributed by atoms with Gasteiger partial charge in [-0.3, -0.25) is 9.10 Å². The molecule has 2 aliphatic heterocycles. The van der Waals surface area contributed by atoms with Crippen LogP contribution in [-0.2, 0) is 4.79 Å². The van der Waals surface area contributed by atoms with Crippen LogP contribution in [0.2, 0.25) is 0 Å². The molecule has 0 aliphatic carbocycles. The van der Waals surface area contributed by atoms with Gasteiger partial charge in [0.25, 0.3) is 0 Å². The van der Waals surface area contributed by atoms with Crippen LogP contribution in [0.25, 0.3) is 0 Å². The normalized spacial score (nSPS) is 34.8. The van der Waals surface area contributed by atoms with E-state index < -0.39 is 0 Å². The highest BCUT2D eigenvalue weighted by atomic mass is 32.2. The van der Waals surface area contributed by atoms with Gasteiger partial charge in [-0.05, 0) is 18.4 Å². The van der Waals surface area contributed by atoms with Gasteiger partial charge in [0.2, 0.25) is 5.91 Å². The first-order valence-electron chi connectivity index (χ1n) is 2.83. The van der Waals surface area contributed by atoms with Crippen molar-refractivity contribution >= 4 is 17.9 Å². The van der Waals surface area contributed by atoms with Gasteiger partial charge in [-0.2, -0.15) is 0 Å². The van der Waals surface area contributed by atoms with E-state index in [2.05, 4.69) is 0 Å². The lowest BCUT2D eigenvalue weighted by molar-refractivity contribution is -0.126. The van der Waals surface area contributed by atoms with Crippen molar-refractivity contribution in [2.24, 2.45) is 0 Å². The monoisotopic (exact) mass is 129 g/mol. The summed E-state index contributed by atoms with van der Waals surface area (Å²) in [5.74, 6) is 0.339. The number of hydrogen-bond donors (Lipinski definition) is 0. The van der Waals surface area contributed by atoms with Gasteiger partial charge in [-0.25, -0.2) is 0 Å². The van der Waals surface area contributed by atoms with Gasteiger partial charge in [-0.1, -0.05) is 0 Å². The summed E-state index contributed by atoms with van der Waals surface area (Å²) >= 11 is 1.72. The Morgan fingerprint density at radius 3 is 2.88 bits per heavy atom. The van der Waals surface area contributed by atoms with Gasteiger partial charge in [0, 0.05) is 18.2 Å². The smallest absolute Gasteiger partial charge is 0.233 e. The van der Waals surface area contributed by atoms with Crippen LogP contribution in [0.1, 0.15) is 12.8 Å². The molecular formula is C5H7NOS. The van der Waals surface area contributed by atoms with E-state index in [1.54, 1.807) is 11.9 Å². The van der Waals surface area contributed by atoms with E-state index >= 15 is 0 Å². The highest BCUT2D eigenvalue weighted by Crippen LogP contribution is 2.38. The zero-order valence-electron chi connectivity index (χ0n) is 4.46. The third-order valence-corrected chi connectivity index (χ3v) is 2.95. The molecule has 8 heavy (non-hydrogen) atoms. The SMILES string of the molecule is O=C1CC2CCN1S2. The predicted octanol–water partition coefficient (Wildman–Crippen LogP) is 0.639. The molecule has 2 heterocycles. The number of carbonyl (C=O) groups is 1. The van der Waals surface area contributed by atoms with Gasteiger partial charge in [-0.15, -0.1) is 0 Å². The van der Waals surface area contributed by atoms with Gasteiger partial charge in [0.1, 0.15) is 0 Å². The average molecular weight is 129 g/mol. The van der Waals surface area contributed by atoms with Crippen LogP contribution in [0.5, 0.6) is 0 Å². The molecule has 0 spiro atoms. The molecule has 1 atom stereocenters. The van der Waals surface area contributed by atoms with E-state index in [-0.39, 0.29) is 0 Å². The summed E-state index contributed by atoms with van der Waals surface area (Å²) in [6, 6.07) is 0. The average Bonchev–Trinajstić information content (AvgIpc) is 2.23. The van der Waals surface area contributed by atoms with Crippen LogP contribution in [0.3, 0.4) is 0 Å². The van der Waals surface area contributed by atoms with Crippen molar-refractivity contribution in [3.05, 3.63) is 0 Å². The van der Waals surface area contributed by atoms with E-state index in [9.17, 15) is 4.79 Å².